The average Bonchev–Trinajstić information content (AvgIpc) is 2.99. The SMILES string of the molecule is COc1cc(O)c(C(=O)/C=C/c2ccc(Oc3ccccc3)cc2)cc1C(c1ccccc1)c1ccccc1. The fourth-order valence-corrected chi connectivity index (χ4v) is 4.56. The number of ketones is 1. The van der Waals surface area contributed by atoms with E-state index in [4.69, 9.17) is 9.47 Å². The summed E-state index contributed by atoms with van der Waals surface area (Å²) in [5.41, 5.74) is 3.96. The molecule has 4 nitrogen and oxygen atoms in total. The molecular weight excluding hydrogens is 484 g/mol. The van der Waals surface area contributed by atoms with Crippen LogP contribution in [0.1, 0.15) is 38.5 Å². The average molecular weight is 513 g/mol. The number of methoxy groups -OCH3 is 1. The molecule has 0 aliphatic rings. The lowest BCUT2D eigenvalue weighted by molar-refractivity contribution is 0.104. The molecule has 0 unspecified atom stereocenters. The largest absolute Gasteiger partial charge is 0.507 e. The molecule has 39 heavy (non-hydrogen) atoms. The quantitative estimate of drug-likeness (QED) is 0.123. The molecule has 0 fully saturated rings. The Labute approximate surface area is 228 Å². The highest BCUT2D eigenvalue weighted by Gasteiger charge is 2.24. The van der Waals surface area contributed by atoms with Gasteiger partial charge in [-0.25, -0.2) is 0 Å². The van der Waals surface area contributed by atoms with Crippen molar-refractivity contribution >= 4 is 11.9 Å². The highest BCUT2D eigenvalue weighted by atomic mass is 16.5. The number of rotatable bonds is 9. The van der Waals surface area contributed by atoms with Crippen LogP contribution in [0.3, 0.4) is 0 Å². The van der Waals surface area contributed by atoms with E-state index in [1.807, 2.05) is 91.0 Å². The van der Waals surface area contributed by atoms with E-state index in [9.17, 15) is 9.90 Å². The van der Waals surface area contributed by atoms with Crippen LogP contribution in [-0.4, -0.2) is 18.0 Å². The molecule has 1 N–H and O–H groups in total. The van der Waals surface area contributed by atoms with Crippen molar-refractivity contribution in [3.05, 3.63) is 161 Å². The zero-order valence-electron chi connectivity index (χ0n) is 21.5. The number of carbonyl (C=O) groups is 1. The predicted octanol–water partition coefficient (Wildman–Crippen LogP) is 8.27. The summed E-state index contributed by atoms with van der Waals surface area (Å²) < 4.78 is 11.5. The molecule has 0 aliphatic heterocycles. The first-order chi connectivity index (χ1) is 19.1. The molecule has 0 atom stereocenters. The normalized spacial score (nSPS) is 11.0. The zero-order valence-corrected chi connectivity index (χ0v) is 21.5. The van der Waals surface area contributed by atoms with Gasteiger partial charge in [0.05, 0.1) is 12.7 Å². The van der Waals surface area contributed by atoms with E-state index >= 15 is 0 Å². The van der Waals surface area contributed by atoms with E-state index in [0.29, 0.717) is 11.5 Å². The molecule has 0 saturated heterocycles. The molecule has 0 amide bonds. The molecule has 5 aromatic rings. The van der Waals surface area contributed by atoms with Gasteiger partial charge in [-0.05, 0) is 53.1 Å². The number of allylic oxidation sites excluding steroid dienone is 1. The van der Waals surface area contributed by atoms with E-state index < -0.39 is 0 Å². The molecule has 0 heterocycles. The van der Waals surface area contributed by atoms with Crippen molar-refractivity contribution in [1.82, 2.24) is 0 Å². The van der Waals surface area contributed by atoms with Gasteiger partial charge < -0.3 is 14.6 Å². The van der Waals surface area contributed by atoms with Crippen LogP contribution in [0.4, 0.5) is 0 Å². The van der Waals surface area contributed by atoms with Gasteiger partial charge in [0.25, 0.3) is 0 Å². The third kappa shape index (κ3) is 6.08. The van der Waals surface area contributed by atoms with Gasteiger partial charge in [0.1, 0.15) is 23.0 Å². The van der Waals surface area contributed by atoms with Gasteiger partial charge in [-0.15, -0.1) is 0 Å². The Kier molecular flexibility index (Phi) is 7.84. The van der Waals surface area contributed by atoms with Crippen molar-refractivity contribution in [2.75, 3.05) is 7.11 Å². The van der Waals surface area contributed by atoms with Crippen LogP contribution in [-0.2, 0) is 0 Å². The van der Waals surface area contributed by atoms with Gasteiger partial charge >= 0.3 is 0 Å². The van der Waals surface area contributed by atoms with E-state index in [-0.39, 0.29) is 23.0 Å². The van der Waals surface area contributed by atoms with Crippen LogP contribution in [0, 0.1) is 0 Å². The molecule has 5 rings (SSSR count). The Morgan fingerprint density at radius 1 is 0.718 bits per heavy atom. The van der Waals surface area contributed by atoms with Crippen molar-refractivity contribution in [3.63, 3.8) is 0 Å². The monoisotopic (exact) mass is 512 g/mol. The number of benzene rings is 5. The van der Waals surface area contributed by atoms with E-state index in [2.05, 4.69) is 24.3 Å². The highest BCUT2D eigenvalue weighted by Crippen LogP contribution is 2.40. The smallest absolute Gasteiger partial charge is 0.189 e. The van der Waals surface area contributed by atoms with E-state index in [1.54, 1.807) is 19.3 Å². The Bertz CT molecular complexity index is 1520. The molecule has 0 radical (unpaired) electrons. The Morgan fingerprint density at radius 2 is 1.26 bits per heavy atom. The molecule has 0 aromatic heterocycles. The van der Waals surface area contributed by atoms with Gasteiger partial charge in [-0.3, -0.25) is 4.79 Å². The lowest BCUT2D eigenvalue weighted by Crippen LogP contribution is -2.08. The van der Waals surface area contributed by atoms with Crippen molar-refractivity contribution < 1.29 is 19.4 Å². The summed E-state index contributed by atoms with van der Waals surface area (Å²) in [6.45, 7) is 0. The summed E-state index contributed by atoms with van der Waals surface area (Å²) in [6.07, 6.45) is 3.20. The van der Waals surface area contributed by atoms with Gasteiger partial charge in [-0.2, -0.15) is 0 Å². The van der Waals surface area contributed by atoms with Crippen molar-refractivity contribution in [3.8, 4) is 23.0 Å². The molecule has 0 aliphatic carbocycles. The lowest BCUT2D eigenvalue weighted by atomic mass is 9.83. The first-order valence-corrected chi connectivity index (χ1v) is 12.7. The Balaban J connectivity index is 1.44. The molecule has 4 heteroatoms. The second kappa shape index (κ2) is 12.0. The second-order valence-electron chi connectivity index (χ2n) is 9.05. The third-order valence-corrected chi connectivity index (χ3v) is 6.48. The minimum Gasteiger partial charge on any atom is -0.507 e. The maximum Gasteiger partial charge on any atom is 0.189 e. The van der Waals surface area contributed by atoms with Crippen molar-refractivity contribution in [1.29, 1.82) is 0 Å². The number of phenolic OH excluding ortho intramolecular Hbond substituents is 1. The molecule has 192 valence electrons. The molecule has 0 bridgehead atoms. The van der Waals surface area contributed by atoms with E-state index in [1.165, 1.54) is 12.1 Å². The fourth-order valence-electron chi connectivity index (χ4n) is 4.56. The zero-order chi connectivity index (χ0) is 27.0. The third-order valence-electron chi connectivity index (χ3n) is 6.48. The molecule has 0 spiro atoms. The summed E-state index contributed by atoms with van der Waals surface area (Å²) in [7, 11) is 1.57. The van der Waals surface area contributed by atoms with Gasteiger partial charge in [0.2, 0.25) is 0 Å². The minimum atomic E-state index is -0.305. The summed E-state index contributed by atoms with van der Waals surface area (Å²) >= 11 is 0. The first kappa shape index (κ1) is 25.6. The number of hydrogen-bond donors (Lipinski definition) is 1. The fraction of sp³-hybridized carbons (Fsp3) is 0.0571. The van der Waals surface area contributed by atoms with Crippen LogP contribution in [0.5, 0.6) is 23.0 Å². The van der Waals surface area contributed by atoms with Crippen LogP contribution in [0.15, 0.2) is 133 Å². The van der Waals surface area contributed by atoms with Gasteiger partial charge in [-0.1, -0.05) is 97.1 Å². The van der Waals surface area contributed by atoms with Gasteiger partial charge in [0.15, 0.2) is 5.78 Å². The number of aromatic hydroxyl groups is 1. The lowest BCUT2D eigenvalue weighted by Gasteiger charge is -2.22. The first-order valence-electron chi connectivity index (χ1n) is 12.7. The summed E-state index contributed by atoms with van der Waals surface area (Å²) in [6, 6.07) is 40.4. The second-order valence-corrected chi connectivity index (χ2v) is 9.05. The maximum absolute atomic E-state index is 13.3. The van der Waals surface area contributed by atoms with Crippen LogP contribution >= 0.6 is 0 Å². The Morgan fingerprint density at radius 3 is 1.82 bits per heavy atom. The van der Waals surface area contributed by atoms with Gasteiger partial charge in [0, 0.05) is 17.5 Å². The predicted molar refractivity (Wildman–Crippen MR) is 155 cm³/mol. The minimum absolute atomic E-state index is 0.128. The van der Waals surface area contributed by atoms with Crippen LogP contribution in [0.25, 0.3) is 6.08 Å². The standard InChI is InChI=1S/C35H28O4/c1-38-34-24-33(37)30(23-31(34)35(26-11-5-2-6-12-26)27-13-7-3-8-14-27)32(36)22-19-25-17-20-29(21-18-25)39-28-15-9-4-10-16-28/h2-24,35,37H,1H3/b22-19+. The molecule has 0 saturated carbocycles. The topological polar surface area (TPSA) is 55.8 Å². The van der Waals surface area contributed by atoms with Crippen molar-refractivity contribution in [2.24, 2.45) is 0 Å². The molecular formula is C35H28O4. The van der Waals surface area contributed by atoms with Crippen molar-refractivity contribution in [2.45, 2.75) is 5.92 Å². The molecule has 5 aromatic carbocycles. The Hall–Kier alpha value is -5.09. The van der Waals surface area contributed by atoms with Crippen LogP contribution < -0.4 is 9.47 Å². The number of para-hydroxylation sites is 1. The number of hydrogen-bond acceptors (Lipinski definition) is 4. The summed E-state index contributed by atoms with van der Waals surface area (Å²) in [4.78, 5) is 13.3. The number of carbonyl (C=O) groups excluding carboxylic acids is 1. The van der Waals surface area contributed by atoms with E-state index in [0.717, 1.165) is 28.0 Å². The maximum atomic E-state index is 13.3. The highest BCUT2D eigenvalue weighted by molar-refractivity contribution is 6.09. The van der Waals surface area contributed by atoms with Crippen LogP contribution in [0.2, 0.25) is 0 Å². The summed E-state index contributed by atoms with van der Waals surface area (Å²) in [5, 5.41) is 10.8. The summed E-state index contributed by atoms with van der Waals surface area (Å²) in [5.74, 6) is 1.36. The number of ether oxygens (including phenoxy) is 2. The number of phenols is 1.